The lowest BCUT2D eigenvalue weighted by Crippen LogP contribution is -2.34. The maximum absolute atomic E-state index is 12.6. The van der Waals surface area contributed by atoms with Crippen LogP contribution in [0.5, 0.6) is 0 Å². The van der Waals surface area contributed by atoms with Crippen molar-refractivity contribution in [2.45, 2.75) is 45.2 Å². The smallest absolute Gasteiger partial charge is 0.251 e. The van der Waals surface area contributed by atoms with Crippen LogP contribution >= 0.6 is 0 Å². The van der Waals surface area contributed by atoms with Gasteiger partial charge in [-0.2, -0.15) is 5.10 Å². The summed E-state index contributed by atoms with van der Waals surface area (Å²) >= 11 is 0. The average Bonchev–Trinajstić information content (AvgIpc) is 3.53. The number of fused-ring (bicyclic) bond motifs is 1. The van der Waals surface area contributed by atoms with Gasteiger partial charge >= 0.3 is 0 Å². The van der Waals surface area contributed by atoms with E-state index in [4.69, 9.17) is 10.1 Å². The summed E-state index contributed by atoms with van der Waals surface area (Å²) in [4.78, 5) is 24.4. The van der Waals surface area contributed by atoms with Gasteiger partial charge in [-0.3, -0.25) is 4.79 Å². The predicted octanol–water partition coefficient (Wildman–Crippen LogP) is 3.48. The number of nitrogens with one attached hydrogen (secondary N) is 1. The molecule has 8 nitrogen and oxygen atoms in total. The third kappa shape index (κ3) is 4.88. The lowest BCUT2D eigenvalue weighted by Gasteiger charge is -2.23. The van der Waals surface area contributed by atoms with Gasteiger partial charge < -0.3 is 15.3 Å². The molecule has 4 aromatic rings. The molecule has 35 heavy (non-hydrogen) atoms. The van der Waals surface area contributed by atoms with Crippen molar-refractivity contribution >= 4 is 17.4 Å². The SMILES string of the molecule is CC(CO)NC(=O)c1cccc(-c2cc(Cc3cccc(N4CCCC4C)n3)c3nccn3n2)c1. The van der Waals surface area contributed by atoms with E-state index >= 15 is 0 Å². The normalized spacial score (nSPS) is 16.5. The molecule has 0 radical (unpaired) electrons. The molecule has 2 unspecified atom stereocenters. The number of hydrogen-bond donors (Lipinski definition) is 2. The molecule has 1 aromatic carbocycles. The number of rotatable bonds is 7. The van der Waals surface area contributed by atoms with Crippen LogP contribution in [0, 0.1) is 0 Å². The zero-order valence-electron chi connectivity index (χ0n) is 20.1. The number of hydrogen-bond acceptors (Lipinski definition) is 6. The van der Waals surface area contributed by atoms with E-state index in [9.17, 15) is 9.90 Å². The third-order valence-corrected chi connectivity index (χ3v) is 6.52. The van der Waals surface area contributed by atoms with Gasteiger partial charge in [-0.05, 0) is 57.0 Å². The van der Waals surface area contributed by atoms with E-state index in [-0.39, 0.29) is 18.6 Å². The van der Waals surface area contributed by atoms with Gasteiger partial charge in [0.15, 0.2) is 5.65 Å². The van der Waals surface area contributed by atoms with Crippen molar-refractivity contribution < 1.29 is 9.90 Å². The van der Waals surface area contributed by atoms with Crippen molar-refractivity contribution in [2.24, 2.45) is 0 Å². The van der Waals surface area contributed by atoms with Crippen LogP contribution in [0.1, 0.15) is 48.3 Å². The second-order valence-corrected chi connectivity index (χ2v) is 9.24. The summed E-state index contributed by atoms with van der Waals surface area (Å²) < 4.78 is 1.78. The maximum Gasteiger partial charge on any atom is 0.251 e. The van der Waals surface area contributed by atoms with Crippen LogP contribution < -0.4 is 10.2 Å². The molecule has 8 heteroatoms. The quantitative estimate of drug-likeness (QED) is 0.429. The van der Waals surface area contributed by atoms with E-state index in [1.54, 1.807) is 23.7 Å². The highest BCUT2D eigenvalue weighted by atomic mass is 16.3. The second-order valence-electron chi connectivity index (χ2n) is 9.24. The minimum atomic E-state index is -0.315. The Morgan fingerprint density at radius 3 is 2.89 bits per heavy atom. The second kappa shape index (κ2) is 9.84. The molecule has 2 atom stereocenters. The molecule has 5 rings (SSSR count). The summed E-state index contributed by atoms with van der Waals surface area (Å²) in [6, 6.07) is 15.8. The van der Waals surface area contributed by atoms with Crippen LogP contribution in [0.25, 0.3) is 16.9 Å². The molecular formula is C27H30N6O2. The number of benzene rings is 1. The largest absolute Gasteiger partial charge is 0.394 e. The fraction of sp³-hybridized carbons (Fsp3) is 0.333. The van der Waals surface area contributed by atoms with Gasteiger partial charge in [0.2, 0.25) is 0 Å². The predicted molar refractivity (Wildman–Crippen MR) is 136 cm³/mol. The number of carbonyl (C=O) groups excluding carboxylic acids is 1. The van der Waals surface area contributed by atoms with Gasteiger partial charge in [0, 0.05) is 59.8 Å². The third-order valence-electron chi connectivity index (χ3n) is 6.52. The van der Waals surface area contributed by atoms with Crippen molar-refractivity contribution in [3.05, 3.63) is 77.7 Å². The molecule has 0 spiro atoms. The Morgan fingerprint density at radius 2 is 2.09 bits per heavy atom. The first kappa shape index (κ1) is 23.0. The number of anilines is 1. The van der Waals surface area contributed by atoms with Crippen molar-refractivity contribution in [3.8, 4) is 11.3 Å². The van der Waals surface area contributed by atoms with Gasteiger partial charge in [-0.15, -0.1) is 0 Å². The summed E-state index contributed by atoms with van der Waals surface area (Å²) in [5.41, 5.74) is 4.89. The average molecular weight is 471 g/mol. The summed E-state index contributed by atoms with van der Waals surface area (Å²) in [6.45, 7) is 4.95. The lowest BCUT2D eigenvalue weighted by atomic mass is 10.0. The van der Waals surface area contributed by atoms with Crippen molar-refractivity contribution in [1.29, 1.82) is 0 Å². The molecule has 1 fully saturated rings. The molecule has 0 bridgehead atoms. The van der Waals surface area contributed by atoms with Crippen LogP contribution in [0.2, 0.25) is 0 Å². The van der Waals surface area contributed by atoms with Crippen LogP contribution in [0.3, 0.4) is 0 Å². The van der Waals surface area contributed by atoms with Crippen LogP contribution in [-0.4, -0.2) is 55.8 Å². The zero-order chi connectivity index (χ0) is 24.4. The molecule has 2 N–H and O–H groups in total. The van der Waals surface area contributed by atoms with Crippen LogP contribution in [-0.2, 0) is 6.42 Å². The van der Waals surface area contributed by atoms with E-state index in [1.165, 1.54) is 12.8 Å². The highest BCUT2D eigenvalue weighted by molar-refractivity contribution is 5.95. The molecule has 1 amide bonds. The maximum atomic E-state index is 12.6. The lowest BCUT2D eigenvalue weighted by molar-refractivity contribution is 0.0922. The number of aliphatic hydroxyl groups excluding tert-OH is 1. The van der Waals surface area contributed by atoms with Crippen molar-refractivity contribution in [2.75, 3.05) is 18.1 Å². The Kier molecular flexibility index (Phi) is 6.46. The molecule has 180 valence electrons. The molecule has 3 aromatic heterocycles. The Morgan fingerprint density at radius 1 is 1.23 bits per heavy atom. The first-order valence-electron chi connectivity index (χ1n) is 12.1. The number of aliphatic hydroxyl groups is 1. The fourth-order valence-corrected chi connectivity index (χ4v) is 4.62. The number of imidazole rings is 1. The van der Waals surface area contributed by atoms with Gasteiger partial charge in [0.25, 0.3) is 5.91 Å². The minimum absolute atomic E-state index is 0.112. The first-order valence-corrected chi connectivity index (χ1v) is 12.1. The standard InChI is InChI=1S/C27H30N6O2/c1-18(17-34)29-27(35)21-8-3-7-20(14-21)24-16-22(26-28-11-13-33(26)31-24)15-23-9-4-10-25(30-23)32-12-5-6-19(32)2/h3-4,7-11,13-14,16,18-19,34H,5-6,12,15,17H2,1-2H3,(H,29,35). The van der Waals surface area contributed by atoms with E-state index in [2.05, 4.69) is 40.3 Å². The van der Waals surface area contributed by atoms with E-state index in [0.717, 1.165) is 40.5 Å². The number of nitrogens with zero attached hydrogens (tertiary/aromatic N) is 5. The van der Waals surface area contributed by atoms with E-state index in [0.29, 0.717) is 18.0 Å². The molecule has 0 saturated carbocycles. The Balaban J connectivity index is 1.47. The fourth-order valence-electron chi connectivity index (χ4n) is 4.62. The zero-order valence-corrected chi connectivity index (χ0v) is 20.1. The van der Waals surface area contributed by atoms with E-state index in [1.807, 2.05) is 30.5 Å². The highest BCUT2D eigenvalue weighted by Gasteiger charge is 2.22. The van der Waals surface area contributed by atoms with Gasteiger partial charge in [0.1, 0.15) is 5.82 Å². The summed E-state index contributed by atoms with van der Waals surface area (Å²) in [6.07, 6.45) is 6.60. The van der Waals surface area contributed by atoms with E-state index < -0.39 is 0 Å². The van der Waals surface area contributed by atoms with Gasteiger partial charge in [-0.25, -0.2) is 14.5 Å². The molecule has 1 aliphatic heterocycles. The summed E-state index contributed by atoms with van der Waals surface area (Å²) in [5.74, 6) is 0.798. The van der Waals surface area contributed by atoms with Crippen molar-refractivity contribution in [1.82, 2.24) is 24.9 Å². The van der Waals surface area contributed by atoms with Crippen LogP contribution in [0.4, 0.5) is 5.82 Å². The van der Waals surface area contributed by atoms with Gasteiger partial charge in [-0.1, -0.05) is 18.2 Å². The number of amides is 1. The molecule has 1 saturated heterocycles. The number of aromatic nitrogens is 4. The minimum Gasteiger partial charge on any atom is -0.394 e. The first-order chi connectivity index (χ1) is 17.0. The number of pyridine rings is 1. The molecular weight excluding hydrogens is 440 g/mol. The molecule has 1 aliphatic rings. The Bertz CT molecular complexity index is 1350. The van der Waals surface area contributed by atoms with Gasteiger partial charge in [0.05, 0.1) is 12.3 Å². The Hall–Kier alpha value is -3.78. The number of carbonyl (C=O) groups is 1. The Labute approximate surface area is 204 Å². The molecule has 0 aliphatic carbocycles. The van der Waals surface area contributed by atoms with Crippen molar-refractivity contribution in [3.63, 3.8) is 0 Å². The topological polar surface area (TPSA) is 95.7 Å². The summed E-state index contributed by atoms with van der Waals surface area (Å²) in [5, 5.41) is 16.8. The van der Waals surface area contributed by atoms with Crippen LogP contribution in [0.15, 0.2) is 60.9 Å². The molecule has 4 heterocycles. The monoisotopic (exact) mass is 470 g/mol. The summed E-state index contributed by atoms with van der Waals surface area (Å²) in [7, 11) is 0. The highest BCUT2D eigenvalue weighted by Crippen LogP contribution is 2.26.